The molecule has 16 heavy (non-hydrogen) atoms. The summed E-state index contributed by atoms with van der Waals surface area (Å²) in [7, 11) is 2.20. The second kappa shape index (κ2) is 5.50. The molecule has 1 unspecified atom stereocenters. The highest BCUT2D eigenvalue weighted by Gasteiger charge is 2.26. The number of likely N-dealkylation sites (N-methyl/N-ethyl adjacent to an activating group) is 1. The molecule has 2 nitrogen and oxygen atoms in total. The van der Waals surface area contributed by atoms with E-state index in [0.29, 0.717) is 18.6 Å². The van der Waals surface area contributed by atoms with Crippen LogP contribution >= 0.6 is 22.9 Å². The zero-order chi connectivity index (χ0) is 11.5. The van der Waals surface area contributed by atoms with Crippen LogP contribution in [0.5, 0.6) is 0 Å². The average Bonchev–Trinajstić information content (AvgIpc) is 2.90. The first kappa shape index (κ1) is 12.4. The van der Waals surface area contributed by atoms with Crippen LogP contribution in [0, 0.1) is 0 Å². The monoisotopic (exact) mass is 258 g/mol. The summed E-state index contributed by atoms with van der Waals surface area (Å²) in [5.41, 5.74) is 5.90. The zero-order valence-electron chi connectivity index (χ0n) is 9.66. The van der Waals surface area contributed by atoms with Crippen molar-refractivity contribution >= 4 is 22.9 Å². The first-order valence-electron chi connectivity index (χ1n) is 5.88. The highest BCUT2D eigenvalue weighted by atomic mass is 35.5. The molecule has 0 aromatic carbocycles. The molecule has 0 bridgehead atoms. The van der Waals surface area contributed by atoms with E-state index in [1.54, 1.807) is 11.3 Å². The summed E-state index contributed by atoms with van der Waals surface area (Å²) in [5, 5.41) is 2.82. The molecule has 2 rings (SSSR count). The third kappa shape index (κ3) is 2.59. The smallest absolute Gasteiger partial charge is 0.0564 e. The third-order valence-corrected chi connectivity index (χ3v) is 4.91. The first-order chi connectivity index (χ1) is 7.72. The Bertz CT molecular complexity index is 334. The predicted octanol–water partition coefficient (Wildman–Crippen LogP) is 3.28. The second-order valence-electron chi connectivity index (χ2n) is 4.52. The number of nitrogens with two attached hydrogens (primary N) is 1. The normalized spacial score (nSPS) is 19.5. The summed E-state index contributed by atoms with van der Waals surface area (Å²) in [6, 6.07) is 3.09. The fourth-order valence-corrected chi connectivity index (χ4v) is 3.80. The Morgan fingerprint density at radius 3 is 2.75 bits per heavy atom. The van der Waals surface area contributed by atoms with Crippen molar-refractivity contribution in [3.8, 4) is 0 Å². The lowest BCUT2D eigenvalue weighted by Gasteiger charge is -2.31. The highest BCUT2D eigenvalue weighted by Crippen LogP contribution is 2.32. The minimum absolute atomic E-state index is 0.334. The fourth-order valence-electron chi connectivity index (χ4n) is 2.55. The first-order valence-corrected chi connectivity index (χ1v) is 7.14. The van der Waals surface area contributed by atoms with Gasteiger partial charge in [0.25, 0.3) is 0 Å². The maximum absolute atomic E-state index is 5.98. The van der Waals surface area contributed by atoms with E-state index in [2.05, 4.69) is 18.0 Å². The summed E-state index contributed by atoms with van der Waals surface area (Å²) in [4.78, 5) is 3.73. The van der Waals surface area contributed by atoms with Crippen molar-refractivity contribution in [2.45, 2.75) is 37.8 Å². The van der Waals surface area contributed by atoms with Gasteiger partial charge in [-0.3, -0.25) is 4.90 Å². The van der Waals surface area contributed by atoms with Gasteiger partial charge >= 0.3 is 0 Å². The molecule has 0 amide bonds. The van der Waals surface area contributed by atoms with E-state index in [9.17, 15) is 0 Å². The molecule has 1 aromatic rings. The van der Waals surface area contributed by atoms with Crippen molar-refractivity contribution in [2.75, 3.05) is 13.6 Å². The largest absolute Gasteiger partial charge is 0.329 e. The number of halogens is 1. The number of thiophene rings is 1. The molecule has 1 saturated carbocycles. The quantitative estimate of drug-likeness (QED) is 0.898. The van der Waals surface area contributed by atoms with Crippen molar-refractivity contribution in [1.29, 1.82) is 0 Å². The van der Waals surface area contributed by atoms with Crippen molar-refractivity contribution in [2.24, 2.45) is 5.73 Å². The molecule has 2 N–H and O–H groups in total. The summed E-state index contributed by atoms with van der Waals surface area (Å²) >= 11 is 7.69. The minimum Gasteiger partial charge on any atom is -0.329 e. The van der Waals surface area contributed by atoms with Gasteiger partial charge in [0.1, 0.15) is 0 Å². The van der Waals surface area contributed by atoms with E-state index in [1.807, 2.05) is 5.38 Å². The molecule has 0 saturated heterocycles. The van der Waals surface area contributed by atoms with Crippen LogP contribution < -0.4 is 5.73 Å². The van der Waals surface area contributed by atoms with Gasteiger partial charge in [-0.05, 0) is 26.0 Å². The molecular formula is C12H19ClN2S. The van der Waals surface area contributed by atoms with Crippen LogP contribution in [0.3, 0.4) is 0 Å². The molecule has 1 fully saturated rings. The van der Waals surface area contributed by atoms with Crippen molar-refractivity contribution in [1.82, 2.24) is 4.90 Å². The molecular weight excluding hydrogens is 240 g/mol. The maximum atomic E-state index is 5.98. The summed E-state index contributed by atoms with van der Waals surface area (Å²) in [6.45, 7) is 0.670. The van der Waals surface area contributed by atoms with E-state index in [-0.39, 0.29) is 0 Å². The molecule has 1 aliphatic carbocycles. The Labute approximate surface area is 106 Å². The lowest BCUT2D eigenvalue weighted by Crippen LogP contribution is -2.36. The van der Waals surface area contributed by atoms with E-state index in [0.717, 1.165) is 5.02 Å². The Morgan fingerprint density at radius 1 is 1.56 bits per heavy atom. The zero-order valence-corrected chi connectivity index (χ0v) is 11.2. The number of hydrogen-bond acceptors (Lipinski definition) is 3. The molecule has 1 heterocycles. The predicted molar refractivity (Wildman–Crippen MR) is 71.1 cm³/mol. The fraction of sp³-hybridized carbons (Fsp3) is 0.667. The highest BCUT2D eigenvalue weighted by molar-refractivity contribution is 7.10. The van der Waals surface area contributed by atoms with Gasteiger partial charge in [0, 0.05) is 22.8 Å². The Morgan fingerprint density at radius 2 is 2.25 bits per heavy atom. The molecule has 1 aliphatic rings. The van der Waals surface area contributed by atoms with E-state index in [1.165, 1.54) is 30.6 Å². The molecule has 0 spiro atoms. The Balaban J connectivity index is 2.09. The Kier molecular flexibility index (Phi) is 4.25. The van der Waals surface area contributed by atoms with Gasteiger partial charge in [0.05, 0.1) is 11.1 Å². The van der Waals surface area contributed by atoms with Crippen molar-refractivity contribution < 1.29 is 0 Å². The van der Waals surface area contributed by atoms with Gasteiger partial charge in [0.15, 0.2) is 0 Å². The Hall–Kier alpha value is -0.0900. The van der Waals surface area contributed by atoms with Gasteiger partial charge in [-0.15, -0.1) is 11.3 Å². The molecule has 0 aliphatic heterocycles. The lowest BCUT2D eigenvalue weighted by atomic mass is 10.1. The molecule has 0 radical (unpaired) electrons. The van der Waals surface area contributed by atoms with E-state index < -0.39 is 0 Å². The SMILES string of the molecule is CN(C1CCCC1)C(CN)c1cc(Cl)cs1. The van der Waals surface area contributed by atoms with Gasteiger partial charge < -0.3 is 5.73 Å². The summed E-state index contributed by atoms with van der Waals surface area (Å²) in [6.07, 6.45) is 5.34. The van der Waals surface area contributed by atoms with Crippen LogP contribution in [0.2, 0.25) is 5.02 Å². The molecule has 1 atom stereocenters. The van der Waals surface area contributed by atoms with Crippen molar-refractivity contribution in [3.05, 3.63) is 21.3 Å². The van der Waals surface area contributed by atoms with Crippen LogP contribution in [-0.4, -0.2) is 24.5 Å². The second-order valence-corrected chi connectivity index (χ2v) is 5.90. The maximum Gasteiger partial charge on any atom is 0.0564 e. The van der Waals surface area contributed by atoms with Crippen LogP contribution in [-0.2, 0) is 0 Å². The number of rotatable bonds is 4. The topological polar surface area (TPSA) is 29.3 Å². The number of nitrogens with zero attached hydrogens (tertiary/aromatic N) is 1. The summed E-state index contributed by atoms with van der Waals surface area (Å²) in [5.74, 6) is 0. The average molecular weight is 259 g/mol. The van der Waals surface area contributed by atoms with E-state index in [4.69, 9.17) is 17.3 Å². The van der Waals surface area contributed by atoms with Crippen molar-refractivity contribution in [3.63, 3.8) is 0 Å². The van der Waals surface area contributed by atoms with Gasteiger partial charge in [-0.2, -0.15) is 0 Å². The lowest BCUT2D eigenvalue weighted by molar-refractivity contribution is 0.182. The standard InChI is InChI=1S/C12H19ClN2S/c1-15(10-4-2-3-5-10)11(7-14)12-6-9(13)8-16-12/h6,8,10-11H,2-5,7,14H2,1H3. The minimum atomic E-state index is 0.334. The summed E-state index contributed by atoms with van der Waals surface area (Å²) < 4.78 is 0. The molecule has 90 valence electrons. The van der Waals surface area contributed by atoms with E-state index >= 15 is 0 Å². The molecule has 1 aromatic heterocycles. The van der Waals surface area contributed by atoms with Gasteiger partial charge in [-0.1, -0.05) is 24.4 Å². The van der Waals surface area contributed by atoms with Crippen LogP contribution in [0.4, 0.5) is 0 Å². The number of hydrogen-bond donors (Lipinski definition) is 1. The van der Waals surface area contributed by atoms with Gasteiger partial charge in [0.2, 0.25) is 0 Å². The third-order valence-electron chi connectivity index (χ3n) is 3.53. The van der Waals surface area contributed by atoms with Crippen LogP contribution in [0.15, 0.2) is 11.4 Å². The van der Waals surface area contributed by atoms with Gasteiger partial charge in [-0.25, -0.2) is 0 Å². The van der Waals surface area contributed by atoms with Crippen LogP contribution in [0.1, 0.15) is 36.6 Å². The molecule has 4 heteroatoms. The van der Waals surface area contributed by atoms with Crippen LogP contribution in [0.25, 0.3) is 0 Å².